The third-order valence-corrected chi connectivity index (χ3v) is 3.32. The van der Waals surface area contributed by atoms with Gasteiger partial charge in [-0.05, 0) is 36.6 Å². The molecule has 17 heavy (non-hydrogen) atoms. The number of aromatic hydroxyl groups is 1. The number of anilines is 1. The highest BCUT2D eigenvalue weighted by Gasteiger charge is 2.14. The number of halogens is 1. The summed E-state index contributed by atoms with van der Waals surface area (Å²) in [6.07, 6.45) is 2.58. The summed E-state index contributed by atoms with van der Waals surface area (Å²) in [4.78, 5) is 11.7. The van der Waals surface area contributed by atoms with Gasteiger partial charge in [-0.1, -0.05) is 15.9 Å². The predicted molar refractivity (Wildman–Crippen MR) is 75.4 cm³/mol. The van der Waals surface area contributed by atoms with Crippen LogP contribution in [0.2, 0.25) is 0 Å². The van der Waals surface area contributed by atoms with Crippen LogP contribution in [0.15, 0.2) is 22.7 Å². The second-order valence-electron chi connectivity index (χ2n) is 3.54. The van der Waals surface area contributed by atoms with E-state index in [0.29, 0.717) is 12.1 Å². The van der Waals surface area contributed by atoms with Crippen molar-refractivity contribution >= 4 is 39.3 Å². The van der Waals surface area contributed by atoms with Gasteiger partial charge < -0.3 is 16.2 Å². The topological polar surface area (TPSA) is 75.4 Å². The SMILES string of the molecule is CSCC[C@@H](N)C(=O)Nc1cc(Br)ccc1O. The third-order valence-electron chi connectivity index (χ3n) is 2.19. The first kappa shape index (κ1) is 14.3. The molecule has 1 aromatic rings. The molecule has 0 aliphatic rings. The molecule has 4 nitrogen and oxygen atoms in total. The van der Waals surface area contributed by atoms with Crippen LogP contribution in [0.25, 0.3) is 0 Å². The van der Waals surface area contributed by atoms with Crippen molar-refractivity contribution in [3.05, 3.63) is 22.7 Å². The van der Waals surface area contributed by atoms with E-state index in [1.165, 1.54) is 6.07 Å². The molecule has 0 saturated heterocycles. The summed E-state index contributed by atoms with van der Waals surface area (Å²) >= 11 is 4.91. The van der Waals surface area contributed by atoms with E-state index in [1.807, 2.05) is 6.26 Å². The first-order valence-electron chi connectivity index (χ1n) is 5.08. The smallest absolute Gasteiger partial charge is 0.241 e. The van der Waals surface area contributed by atoms with Crippen LogP contribution in [-0.2, 0) is 4.79 Å². The lowest BCUT2D eigenvalue weighted by Crippen LogP contribution is -2.36. The van der Waals surface area contributed by atoms with Gasteiger partial charge in [0.1, 0.15) is 5.75 Å². The Morgan fingerprint density at radius 2 is 2.35 bits per heavy atom. The lowest BCUT2D eigenvalue weighted by molar-refractivity contribution is -0.117. The van der Waals surface area contributed by atoms with Crippen molar-refractivity contribution in [2.45, 2.75) is 12.5 Å². The van der Waals surface area contributed by atoms with Crippen LogP contribution in [0, 0.1) is 0 Å². The van der Waals surface area contributed by atoms with Crippen LogP contribution in [0.1, 0.15) is 6.42 Å². The summed E-state index contributed by atoms with van der Waals surface area (Å²) in [6, 6.07) is 4.28. The number of nitrogens with two attached hydrogens (primary N) is 1. The van der Waals surface area contributed by atoms with E-state index >= 15 is 0 Å². The molecule has 1 atom stereocenters. The summed E-state index contributed by atoms with van der Waals surface area (Å²) in [5, 5.41) is 12.2. The fourth-order valence-corrected chi connectivity index (χ4v) is 2.06. The fourth-order valence-electron chi connectivity index (χ4n) is 1.21. The van der Waals surface area contributed by atoms with E-state index in [1.54, 1.807) is 23.9 Å². The summed E-state index contributed by atoms with van der Waals surface area (Å²) in [5.74, 6) is 0.574. The minimum Gasteiger partial charge on any atom is -0.506 e. The lowest BCUT2D eigenvalue weighted by atomic mass is 10.2. The number of carbonyl (C=O) groups is 1. The van der Waals surface area contributed by atoms with Gasteiger partial charge in [0.25, 0.3) is 0 Å². The van der Waals surface area contributed by atoms with Gasteiger partial charge in [0.15, 0.2) is 0 Å². The zero-order valence-corrected chi connectivity index (χ0v) is 11.8. The van der Waals surface area contributed by atoms with E-state index in [2.05, 4.69) is 21.2 Å². The van der Waals surface area contributed by atoms with Crippen molar-refractivity contribution in [1.82, 2.24) is 0 Å². The highest BCUT2D eigenvalue weighted by molar-refractivity contribution is 9.10. The Morgan fingerprint density at radius 1 is 1.65 bits per heavy atom. The second kappa shape index (κ2) is 6.88. The average Bonchev–Trinajstić information content (AvgIpc) is 2.30. The number of phenolic OH excluding ortho intramolecular Hbond substituents is 1. The molecule has 0 aliphatic carbocycles. The Labute approximate surface area is 113 Å². The lowest BCUT2D eigenvalue weighted by Gasteiger charge is -2.12. The molecule has 4 N–H and O–H groups in total. The zero-order valence-electron chi connectivity index (χ0n) is 9.44. The Morgan fingerprint density at radius 3 is 3.00 bits per heavy atom. The Balaban J connectivity index is 2.64. The molecule has 6 heteroatoms. The third kappa shape index (κ3) is 4.57. The molecular weight excluding hydrogens is 304 g/mol. The first-order valence-corrected chi connectivity index (χ1v) is 7.27. The van der Waals surface area contributed by atoms with Crippen molar-refractivity contribution in [3.63, 3.8) is 0 Å². The monoisotopic (exact) mass is 318 g/mol. The van der Waals surface area contributed by atoms with Crippen LogP contribution < -0.4 is 11.1 Å². The minimum absolute atomic E-state index is 0.0265. The van der Waals surface area contributed by atoms with Crippen molar-refractivity contribution in [1.29, 1.82) is 0 Å². The number of amides is 1. The molecule has 1 amide bonds. The van der Waals surface area contributed by atoms with Crippen LogP contribution >= 0.6 is 27.7 Å². The maximum Gasteiger partial charge on any atom is 0.241 e. The van der Waals surface area contributed by atoms with Gasteiger partial charge in [-0.25, -0.2) is 0 Å². The molecule has 1 aromatic carbocycles. The molecule has 0 saturated carbocycles. The predicted octanol–water partition coefficient (Wildman–Crippen LogP) is 2.17. The molecule has 0 aromatic heterocycles. The molecule has 1 rings (SSSR count). The van der Waals surface area contributed by atoms with E-state index in [4.69, 9.17) is 5.73 Å². The number of phenols is 1. The average molecular weight is 319 g/mol. The summed E-state index contributed by atoms with van der Waals surface area (Å²) < 4.78 is 0.781. The fraction of sp³-hybridized carbons (Fsp3) is 0.364. The maximum atomic E-state index is 11.7. The molecule has 0 bridgehead atoms. The highest BCUT2D eigenvalue weighted by Crippen LogP contribution is 2.26. The van der Waals surface area contributed by atoms with Gasteiger partial charge in [-0.15, -0.1) is 0 Å². The van der Waals surface area contributed by atoms with E-state index in [9.17, 15) is 9.90 Å². The summed E-state index contributed by atoms with van der Waals surface area (Å²) in [6.45, 7) is 0. The Bertz CT molecular complexity index is 401. The number of rotatable bonds is 5. The minimum atomic E-state index is -0.555. The van der Waals surface area contributed by atoms with E-state index in [-0.39, 0.29) is 11.7 Å². The van der Waals surface area contributed by atoms with Gasteiger partial charge in [-0.2, -0.15) is 11.8 Å². The van der Waals surface area contributed by atoms with E-state index < -0.39 is 6.04 Å². The standard InChI is InChI=1S/C11H15BrN2O2S/c1-17-5-4-8(13)11(16)14-9-6-7(12)2-3-10(9)15/h2-3,6,8,15H,4-5,13H2,1H3,(H,14,16)/t8-/m1/s1. The van der Waals surface area contributed by atoms with Crippen LogP contribution in [-0.4, -0.2) is 29.1 Å². The molecule has 0 spiro atoms. The quantitative estimate of drug-likeness (QED) is 0.727. The van der Waals surface area contributed by atoms with E-state index in [0.717, 1.165) is 10.2 Å². The molecule has 94 valence electrons. The van der Waals surface area contributed by atoms with Crippen molar-refractivity contribution < 1.29 is 9.90 Å². The molecular formula is C11H15BrN2O2S. The molecule has 0 radical (unpaired) electrons. The number of thioether (sulfide) groups is 1. The zero-order chi connectivity index (χ0) is 12.8. The number of carbonyl (C=O) groups excluding carboxylic acids is 1. The normalized spacial score (nSPS) is 12.2. The van der Waals surface area contributed by atoms with Crippen LogP contribution in [0.3, 0.4) is 0 Å². The van der Waals surface area contributed by atoms with Crippen molar-refractivity contribution in [3.8, 4) is 5.75 Å². The van der Waals surface area contributed by atoms with Crippen LogP contribution in [0.5, 0.6) is 5.75 Å². The van der Waals surface area contributed by atoms with Crippen molar-refractivity contribution in [2.24, 2.45) is 5.73 Å². The molecule has 0 heterocycles. The molecule has 0 aliphatic heterocycles. The summed E-state index contributed by atoms with van der Waals surface area (Å²) in [7, 11) is 0. The van der Waals surface area contributed by atoms with Gasteiger partial charge in [0.05, 0.1) is 11.7 Å². The second-order valence-corrected chi connectivity index (χ2v) is 5.44. The maximum absolute atomic E-state index is 11.7. The van der Waals surface area contributed by atoms with Crippen LogP contribution in [0.4, 0.5) is 5.69 Å². The number of hydrogen-bond donors (Lipinski definition) is 3. The summed E-state index contributed by atoms with van der Waals surface area (Å²) in [5.41, 5.74) is 6.09. The molecule has 0 fully saturated rings. The van der Waals surface area contributed by atoms with Gasteiger partial charge in [0, 0.05) is 4.47 Å². The highest BCUT2D eigenvalue weighted by atomic mass is 79.9. The Kier molecular flexibility index (Phi) is 5.80. The van der Waals surface area contributed by atoms with Crippen molar-refractivity contribution in [2.75, 3.05) is 17.3 Å². The van der Waals surface area contributed by atoms with Gasteiger partial charge >= 0.3 is 0 Å². The number of hydrogen-bond acceptors (Lipinski definition) is 4. The number of nitrogens with one attached hydrogen (secondary N) is 1. The number of benzene rings is 1. The Hall–Kier alpha value is -0.720. The van der Waals surface area contributed by atoms with Gasteiger partial charge in [0.2, 0.25) is 5.91 Å². The first-order chi connectivity index (χ1) is 8.04. The molecule has 0 unspecified atom stereocenters. The van der Waals surface area contributed by atoms with Gasteiger partial charge in [-0.3, -0.25) is 4.79 Å². The largest absolute Gasteiger partial charge is 0.506 e.